The zero-order chi connectivity index (χ0) is 43.0. The van der Waals surface area contributed by atoms with E-state index in [1.165, 1.54) is 218 Å². The lowest BCUT2D eigenvalue weighted by Gasteiger charge is -2.21. The molecule has 0 aromatic heterocycles. The van der Waals surface area contributed by atoms with Crippen LogP contribution in [0.25, 0.3) is 0 Å². The van der Waals surface area contributed by atoms with Crippen LogP contribution in [0.1, 0.15) is 277 Å². The lowest BCUT2D eigenvalue weighted by Crippen LogP contribution is -2.45. The highest BCUT2D eigenvalue weighted by Crippen LogP contribution is 2.16. The maximum absolute atomic E-state index is 12.5. The normalized spacial score (nSPS) is 13.6. The molecule has 4 N–H and O–H groups in total. The van der Waals surface area contributed by atoms with Crippen LogP contribution >= 0.6 is 0 Å². The van der Waals surface area contributed by atoms with Gasteiger partial charge >= 0.3 is 0 Å². The van der Waals surface area contributed by atoms with Crippen molar-refractivity contribution in [3.8, 4) is 0 Å². The van der Waals surface area contributed by atoms with Gasteiger partial charge in [0.15, 0.2) is 0 Å². The van der Waals surface area contributed by atoms with Crippen LogP contribution in [0, 0.1) is 0 Å². The van der Waals surface area contributed by atoms with Gasteiger partial charge in [-0.05, 0) is 51.4 Å². The molecule has 0 radical (unpaired) electrons. The molecular weight excluding hydrogens is 727 g/mol. The van der Waals surface area contributed by atoms with E-state index >= 15 is 0 Å². The summed E-state index contributed by atoms with van der Waals surface area (Å²) in [7, 11) is 0. The molecule has 0 saturated carbocycles. The van der Waals surface area contributed by atoms with Crippen molar-refractivity contribution in [2.75, 3.05) is 6.61 Å². The van der Waals surface area contributed by atoms with Gasteiger partial charge in [0, 0.05) is 0 Å². The minimum absolute atomic E-state index is 0.0114. The highest BCUT2D eigenvalue weighted by molar-refractivity contribution is 5.76. The second-order valence-corrected chi connectivity index (χ2v) is 18.1. The maximum atomic E-state index is 12.5. The van der Waals surface area contributed by atoms with Crippen molar-refractivity contribution >= 4 is 5.91 Å². The first-order chi connectivity index (χ1) is 29.0. The van der Waals surface area contributed by atoms with Crippen LogP contribution in [0.15, 0.2) is 36.5 Å². The molecule has 0 rings (SSSR count). The van der Waals surface area contributed by atoms with E-state index in [2.05, 4.69) is 43.5 Å². The van der Waals surface area contributed by atoms with Crippen molar-refractivity contribution in [2.24, 2.45) is 0 Å². The van der Waals surface area contributed by atoms with Gasteiger partial charge in [0.25, 0.3) is 0 Å². The van der Waals surface area contributed by atoms with Crippen LogP contribution in [-0.4, -0.2) is 46.1 Å². The highest BCUT2D eigenvalue weighted by Gasteiger charge is 2.20. The summed E-state index contributed by atoms with van der Waals surface area (Å²) in [6.45, 7) is 4.23. The number of carbonyl (C=O) groups is 1. The SMILES string of the molecule is CCCCCCCCCCC/C=C\C/C=C\CCCCCCCCCCCC(O)CC(=O)NC(CO)C(O)/C=C/CCCCCCCCCCCCCCCCCCC. The van der Waals surface area contributed by atoms with Crippen LogP contribution < -0.4 is 5.32 Å². The molecule has 0 spiro atoms. The molecule has 0 aliphatic carbocycles. The maximum Gasteiger partial charge on any atom is 0.222 e. The largest absolute Gasteiger partial charge is 0.394 e. The molecule has 3 atom stereocenters. The summed E-state index contributed by atoms with van der Waals surface area (Å²) >= 11 is 0. The Morgan fingerprint density at radius 1 is 0.441 bits per heavy atom. The first-order valence-corrected chi connectivity index (χ1v) is 26.3. The Morgan fingerprint density at radius 2 is 0.763 bits per heavy atom. The number of hydrogen-bond donors (Lipinski definition) is 4. The summed E-state index contributed by atoms with van der Waals surface area (Å²) in [5, 5.41) is 33.4. The number of aliphatic hydroxyl groups is 3. The molecule has 0 heterocycles. The van der Waals surface area contributed by atoms with Crippen molar-refractivity contribution in [1.82, 2.24) is 5.32 Å². The molecule has 1 amide bonds. The Kier molecular flexibility index (Phi) is 48.0. The fourth-order valence-electron chi connectivity index (χ4n) is 8.14. The summed E-state index contributed by atoms with van der Waals surface area (Å²) in [6.07, 6.45) is 63.1. The third kappa shape index (κ3) is 45.9. The Balaban J connectivity index is 3.61. The van der Waals surface area contributed by atoms with E-state index in [1.807, 2.05) is 6.08 Å². The number of carbonyl (C=O) groups excluding carboxylic acids is 1. The number of nitrogens with one attached hydrogen (secondary N) is 1. The highest BCUT2D eigenvalue weighted by atomic mass is 16.3. The molecule has 59 heavy (non-hydrogen) atoms. The minimum Gasteiger partial charge on any atom is -0.394 e. The second-order valence-electron chi connectivity index (χ2n) is 18.1. The van der Waals surface area contributed by atoms with E-state index in [0.717, 1.165) is 32.1 Å². The molecular formula is C54H103NO4. The van der Waals surface area contributed by atoms with Crippen molar-refractivity contribution in [2.45, 2.75) is 295 Å². The molecule has 0 fully saturated rings. The van der Waals surface area contributed by atoms with Crippen molar-refractivity contribution < 1.29 is 20.1 Å². The number of unbranched alkanes of at least 4 members (excludes halogenated alkanes) is 35. The van der Waals surface area contributed by atoms with Crippen molar-refractivity contribution in [1.29, 1.82) is 0 Å². The average molecular weight is 830 g/mol. The Bertz CT molecular complexity index is 916. The van der Waals surface area contributed by atoms with Gasteiger partial charge in [0.1, 0.15) is 0 Å². The fraction of sp³-hybridized carbons (Fsp3) is 0.870. The standard InChI is InChI=1S/C54H103NO4/c1-3-5-7-9-11-13-15-17-19-21-23-24-25-26-27-28-30-31-33-35-37-39-41-43-45-47-51(57)49-54(59)55-52(50-56)53(58)48-46-44-42-40-38-36-34-32-29-22-20-18-16-14-12-10-8-6-4-2/h23-24,26-27,46,48,51-53,56-58H,3-22,25,28-45,47,49-50H2,1-2H3,(H,55,59)/b24-23-,27-26-,48-46+. The predicted molar refractivity (Wildman–Crippen MR) is 259 cm³/mol. The van der Waals surface area contributed by atoms with E-state index in [-0.39, 0.29) is 18.9 Å². The Hall–Kier alpha value is -1.43. The lowest BCUT2D eigenvalue weighted by atomic mass is 10.0. The molecule has 5 nitrogen and oxygen atoms in total. The van der Waals surface area contributed by atoms with Gasteiger partial charge in [-0.25, -0.2) is 0 Å². The van der Waals surface area contributed by atoms with Gasteiger partial charge in [-0.2, -0.15) is 0 Å². The lowest BCUT2D eigenvalue weighted by molar-refractivity contribution is -0.124. The molecule has 0 saturated heterocycles. The average Bonchev–Trinajstić information content (AvgIpc) is 3.23. The van der Waals surface area contributed by atoms with E-state index in [4.69, 9.17) is 0 Å². The second kappa shape index (κ2) is 49.2. The molecule has 0 bridgehead atoms. The van der Waals surface area contributed by atoms with Crippen LogP contribution in [0.5, 0.6) is 0 Å². The van der Waals surface area contributed by atoms with Gasteiger partial charge in [0.05, 0.1) is 31.3 Å². The molecule has 0 aromatic rings. The van der Waals surface area contributed by atoms with E-state index in [0.29, 0.717) is 6.42 Å². The molecule has 3 unspecified atom stereocenters. The number of aliphatic hydroxyl groups excluding tert-OH is 3. The summed E-state index contributed by atoms with van der Waals surface area (Å²) in [6, 6.07) is -0.746. The molecule has 0 aliphatic rings. The Morgan fingerprint density at radius 3 is 1.12 bits per heavy atom. The van der Waals surface area contributed by atoms with Crippen molar-refractivity contribution in [3.63, 3.8) is 0 Å². The van der Waals surface area contributed by atoms with Crippen LogP contribution in [0.3, 0.4) is 0 Å². The number of rotatable bonds is 48. The van der Waals surface area contributed by atoms with Gasteiger partial charge in [-0.3, -0.25) is 4.79 Å². The molecule has 0 aliphatic heterocycles. The zero-order valence-electron chi connectivity index (χ0n) is 39.6. The topological polar surface area (TPSA) is 89.8 Å². The Labute approximate surface area is 368 Å². The predicted octanol–water partition coefficient (Wildman–Crippen LogP) is 15.9. The summed E-state index contributed by atoms with van der Waals surface area (Å²) < 4.78 is 0. The van der Waals surface area contributed by atoms with E-state index in [9.17, 15) is 20.1 Å². The van der Waals surface area contributed by atoms with Gasteiger partial charge in [-0.1, -0.05) is 256 Å². The number of hydrogen-bond acceptors (Lipinski definition) is 4. The number of allylic oxidation sites excluding steroid dienone is 5. The number of amides is 1. The summed E-state index contributed by atoms with van der Waals surface area (Å²) in [4.78, 5) is 12.5. The van der Waals surface area contributed by atoms with Crippen molar-refractivity contribution in [3.05, 3.63) is 36.5 Å². The van der Waals surface area contributed by atoms with Gasteiger partial charge < -0.3 is 20.6 Å². The molecule has 0 aromatic carbocycles. The van der Waals surface area contributed by atoms with E-state index < -0.39 is 18.2 Å². The summed E-state index contributed by atoms with van der Waals surface area (Å²) in [5.74, 6) is -0.316. The molecule has 348 valence electrons. The smallest absolute Gasteiger partial charge is 0.222 e. The quantitative estimate of drug-likeness (QED) is 0.0363. The van der Waals surface area contributed by atoms with Crippen LogP contribution in [0.4, 0.5) is 0 Å². The molecule has 5 heteroatoms. The van der Waals surface area contributed by atoms with Crippen LogP contribution in [0.2, 0.25) is 0 Å². The monoisotopic (exact) mass is 830 g/mol. The third-order valence-corrected chi connectivity index (χ3v) is 12.2. The zero-order valence-corrected chi connectivity index (χ0v) is 39.6. The first-order valence-electron chi connectivity index (χ1n) is 26.3. The van der Waals surface area contributed by atoms with E-state index in [1.54, 1.807) is 6.08 Å². The third-order valence-electron chi connectivity index (χ3n) is 12.2. The fourth-order valence-corrected chi connectivity index (χ4v) is 8.14. The minimum atomic E-state index is -0.930. The summed E-state index contributed by atoms with van der Waals surface area (Å²) in [5.41, 5.74) is 0. The van der Waals surface area contributed by atoms with Gasteiger partial charge in [0.2, 0.25) is 5.91 Å². The van der Waals surface area contributed by atoms with Gasteiger partial charge in [-0.15, -0.1) is 0 Å². The van der Waals surface area contributed by atoms with Crippen LogP contribution in [-0.2, 0) is 4.79 Å². The first kappa shape index (κ1) is 57.6.